The van der Waals surface area contributed by atoms with Crippen LogP contribution in [0.4, 0.5) is 0 Å². The predicted octanol–water partition coefficient (Wildman–Crippen LogP) is 3.12. The first-order chi connectivity index (χ1) is 10.3. The van der Waals surface area contributed by atoms with Crippen LogP contribution < -0.4 is 5.32 Å². The smallest absolute Gasteiger partial charge is 0.0645 e. The van der Waals surface area contributed by atoms with Gasteiger partial charge in [0.1, 0.15) is 0 Å². The zero-order valence-corrected chi connectivity index (χ0v) is 12.0. The lowest BCUT2D eigenvalue weighted by atomic mass is 10.1. The van der Waals surface area contributed by atoms with Crippen molar-refractivity contribution in [2.45, 2.75) is 19.5 Å². The Morgan fingerprint density at radius 1 is 1.10 bits per heavy atom. The Morgan fingerprint density at radius 2 is 1.95 bits per heavy atom. The van der Waals surface area contributed by atoms with Gasteiger partial charge in [-0.1, -0.05) is 18.2 Å². The highest BCUT2D eigenvalue weighted by atomic mass is 15.3. The molecule has 0 radical (unpaired) electrons. The molecule has 0 saturated heterocycles. The molecule has 0 bridgehead atoms. The summed E-state index contributed by atoms with van der Waals surface area (Å²) >= 11 is 0. The molecule has 3 aromatic rings. The van der Waals surface area contributed by atoms with Crippen molar-refractivity contribution in [3.8, 4) is 5.69 Å². The third-order valence-corrected chi connectivity index (χ3v) is 3.50. The minimum absolute atomic E-state index is 0.282. The third kappa shape index (κ3) is 3.35. The van der Waals surface area contributed by atoms with Crippen molar-refractivity contribution in [1.82, 2.24) is 20.1 Å². The first-order valence-electron chi connectivity index (χ1n) is 7.05. The van der Waals surface area contributed by atoms with Crippen LogP contribution in [0.1, 0.15) is 24.1 Å². The van der Waals surface area contributed by atoms with Gasteiger partial charge in [-0.15, -0.1) is 0 Å². The van der Waals surface area contributed by atoms with E-state index in [0.717, 1.165) is 12.2 Å². The molecule has 21 heavy (non-hydrogen) atoms. The standard InChI is InChI=1S/C17H18N4/c1-14(16-4-2-9-18-13-16)19-12-15-5-7-17(8-6-15)21-11-3-10-20-21/h2-11,13-14,19H,12H2,1H3/t14-/m0/s1. The Kier molecular flexibility index (Phi) is 4.07. The summed E-state index contributed by atoms with van der Waals surface area (Å²) in [6, 6.07) is 14.7. The van der Waals surface area contributed by atoms with Gasteiger partial charge in [-0.25, -0.2) is 4.68 Å². The molecule has 1 atom stereocenters. The molecule has 4 nitrogen and oxygen atoms in total. The van der Waals surface area contributed by atoms with Gasteiger partial charge >= 0.3 is 0 Å². The largest absolute Gasteiger partial charge is 0.306 e. The number of nitrogens with zero attached hydrogens (tertiary/aromatic N) is 3. The van der Waals surface area contributed by atoms with E-state index in [1.54, 1.807) is 12.4 Å². The van der Waals surface area contributed by atoms with Gasteiger partial charge in [0.05, 0.1) is 5.69 Å². The second-order valence-corrected chi connectivity index (χ2v) is 5.01. The molecule has 1 aromatic carbocycles. The Morgan fingerprint density at radius 3 is 2.62 bits per heavy atom. The molecule has 2 aromatic heterocycles. The maximum atomic E-state index is 4.22. The van der Waals surface area contributed by atoms with Crippen molar-refractivity contribution >= 4 is 0 Å². The van der Waals surface area contributed by atoms with E-state index >= 15 is 0 Å². The van der Waals surface area contributed by atoms with Crippen molar-refractivity contribution in [2.75, 3.05) is 0 Å². The number of hydrogen-bond acceptors (Lipinski definition) is 3. The van der Waals surface area contributed by atoms with Gasteiger partial charge < -0.3 is 5.32 Å². The van der Waals surface area contributed by atoms with Crippen LogP contribution in [0.25, 0.3) is 5.69 Å². The van der Waals surface area contributed by atoms with E-state index in [1.807, 2.05) is 29.2 Å². The molecule has 0 spiro atoms. The highest BCUT2D eigenvalue weighted by molar-refractivity contribution is 5.33. The number of aromatic nitrogens is 3. The molecule has 3 rings (SSSR count). The SMILES string of the molecule is C[C@H](NCc1ccc(-n2cccn2)cc1)c1cccnc1. The van der Waals surface area contributed by atoms with Crippen molar-refractivity contribution in [3.05, 3.63) is 78.4 Å². The molecule has 0 saturated carbocycles. The molecule has 0 aliphatic rings. The Bertz CT molecular complexity index is 660. The van der Waals surface area contributed by atoms with E-state index in [-0.39, 0.29) is 6.04 Å². The van der Waals surface area contributed by atoms with E-state index in [1.165, 1.54) is 11.1 Å². The molecule has 0 aliphatic carbocycles. The Hall–Kier alpha value is -2.46. The van der Waals surface area contributed by atoms with E-state index in [2.05, 4.69) is 52.7 Å². The van der Waals surface area contributed by atoms with Crippen molar-refractivity contribution < 1.29 is 0 Å². The van der Waals surface area contributed by atoms with Gasteiger partial charge in [-0.3, -0.25) is 4.98 Å². The fraction of sp³-hybridized carbons (Fsp3) is 0.176. The van der Waals surface area contributed by atoms with Gasteiger partial charge in [-0.2, -0.15) is 5.10 Å². The van der Waals surface area contributed by atoms with Crippen LogP contribution in [0.2, 0.25) is 0 Å². The zero-order valence-electron chi connectivity index (χ0n) is 12.0. The van der Waals surface area contributed by atoms with Crippen LogP contribution in [0.3, 0.4) is 0 Å². The number of pyridine rings is 1. The number of benzene rings is 1. The molecule has 2 heterocycles. The van der Waals surface area contributed by atoms with Crippen LogP contribution in [-0.4, -0.2) is 14.8 Å². The summed E-state index contributed by atoms with van der Waals surface area (Å²) in [5.41, 5.74) is 3.52. The fourth-order valence-corrected chi connectivity index (χ4v) is 2.21. The fourth-order valence-electron chi connectivity index (χ4n) is 2.21. The van der Waals surface area contributed by atoms with Gasteiger partial charge in [0.2, 0.25) is 0 Å². The lowest BCUT2D eigenvalue weighted by molar-refractivity contribution is 0.573. The van der Waals surface area contributed by atoms with Gasteiger partial charge in [0, 0.05) is 37.4 Å². The molecule has 0 aliphatic heterocycles. The lowest BCUT2D eigenvalue weighted by Crippen LogP contribution is -2.18. The van der Waals surface area contributed by atoms with Crippen molar-refractivity contribution in [2.24, 2.45) is 0 Å². The number of rotatable bonds is 5. The molecule has 0 fully saturated rings. The van der Waals surface area contributed by atoms with Crippen LogP contribution in [0.5, 0.6) is 0 Å². The summed E-state index contributed by atoms with van der Waals surface area (Å²) in [7, 11) is 0. The number of nitrogens with one attached hydrogen (secondary N) is 1. The highest BCUT2D eigenvalue weighted by Crippen LogP contribution is 2.12. The Balaban J connectivity index is 1.61. The molecule has 4 heteroatoms. The van der Waals surface area contributed by atoms with E-state index in [4.69, 9.17) is 0 Å². The van der Waals surface area contributed by atoms with Crippen molar-refractivity contribution in [1.29, 1.82) is 0 Å². The molecule has 0 amide bonds. The normalized spacial score (nSPS) is 12.2. The monoisotopic (exact) mass is 278 g/mol. The van der Waals surface area contributed by atoms with Crippen LogP contribution >= 0.6 is 0 Å². The lowest BCUT2D eigenvalue weighted by Gasteiger charge is -2.14. The average molecular weight is 278 g/mol. The van der Waals surface area contributed by atoms with Crippen LogP contribution in [0, 0.1) is 0 Å². The molecule has 1 N–H and O–H groups in total. The quantitative estimate of drug-likeness (QED) is 0.779. The summed E-state index contributed by atoms with van der Waals surface area (Å²) in [6.07, 6.45) is 7.42. The first kappa shape index (κ1) is 13.5. The maximum Gasteiger partial charge on any atom is 0.0645 e. The second kappa shape index (κ2) is 6.33. The predicted molar refractivity (Wildman–Crippen MR) is 83.1 cm³/mol. The second-order valence-electron chi connectivity index (χ2n) is 5.01. The minimum Gasteiger partial charge on any atom is -0.306 e. The number of hydrogen-bond donors (Lipinski definition) is 1. The van der Waals surface area contributed by atoms with Gasteiger partial charge in [0.15, 0.2) is 0 Å². The van der Waals surface area contributed by atoms with E-state index < -0.39 is 0 Å². The maximum absolute atomic E-state index is 4.22. The topological polar surface area (TPSA) is 42.7 Å². The van der Waals surface area contributed by atoms with Gasteiger partial charge in [-0.05, 0) is 42.3 Å². The van der Waals surface area contributed by atoms with E-state index in [0.29, 0.717) is 0 Å². The molecular weight excluding hydrogens is 260 g/mol. The summed E-state index contributed by atoms with van der Waals surface area (Å²) in [4.78, 5) is 4.15. The summed E-state index contributed by atoms with van der Waals surface area (Å²) < 4.78 is 1.86. The zero-order chi connectivity index (χ0) is 14.5. The summed E-state index contributed by atoms with van der Waals surface area (Å²) in [5.74, 6) is 0. The van der Waals surface area contributed by atoms with E-state index in [9.17, 15) is 0 Å². The highest BCUT2D eigenvalue weighted by Gasteiger charge is 2.04. The average Bonchev–Trinajstić information content (AvgIpc) is 3.08. The first-order valence-corrected chi connectivity index (χ1v) is 7.05. The Labute approximate surface area is 124 Å². The van der Waals surface area contributed by atoms with Crippen LogP contribution in [0.15, 0.2) is 67.3 Å². The summed E-state index contributed by atoms with van der Waals surface area (Å²) in [6.45, 7) is 2.98. The summed E-state index contributed by atoms with van der Waals surface area (Å²) in [5, 5.41) is 7.73. The molecule has 106 valence electrons. The van der Waals surface area contributed by atoms with Crippen molar-refractivity contribution in [3.63, 3.8) is 0 Å². The van der Waals surface area contributed by atoms with Crippen LogP contribution in [-0.2, 0) is 6.54 Å². The molecule has 0 unspecified atom stereocenters. The third-order valence-electron chi connectivity index (χ3n) is 3.50. The molecular formula is C17H18N4. The van der Waals surface area contributed by atoms with Gasteiger partial charge in [0.25, 0.3) is 0 Å². The minimum atomic E-state index is 0.282.